The van der Waals surface area contributed by atoms with Crippen molar-refractivity contribution in [3.8, 4) is 0 Å². The molecule has 1 amide bonds. The number of rotatable bonds is 9. The fourth-order valence-corrected chi connectivity index (χ4v) is 2.42. The molecule has 1 fully saturated rings. The first kappa shape index (κ1) is 16.4. The van der Waals surface area contributed by atoms with Crippen LogP contribution in [0, 0.1) is 0 Å². The largest absolute Gasteiger partial charge is 0.368 e. The summed E-state index contributed by atoms with van der Waals surface area (Å²) in [5.74, 6) is 0.0292. The summed E-state index contributed by atoms with van der Waals surface area (Å²) in [6.45, 7) is 6.50. The molecular weight excluding hydrogens is 240 g/mol. The standard InChI is InChI=1S/C15H30N2O2/c1-3-4-5-6-7-13(2)17-15(18)12-19-14-8-10-16-11-9-14/h13-14,16H,3-12H2,1-2H3,(H,17,18). The fourth-order valence-electron chi connectivity index (χ4n) is 2.42. The van der Waals surface area contributed by atoms with Crippen molar-refractivity contribution >= 4 is 5.91 Å². The number of carbonyl (C=O) groups excluding carboxylic acids is 1. The van der Waals surface area contributed by atoms with Crippen LogP contribution in [0.1, 0.15) is 58.8 Å². The molecule has 0 bridgehead atoms. The van der Waals surface area contributed by atoms with Crippen LogP contribution in [0.2, 0.25) is 0 Å². The lowest BCUT2D eigenvalue weighted by Gasteiger charge is -2.23. The Labute approximate surface area is 117 Å². The van der Waals surface area contributed by atoms with Crippen LogP contribution in [-0.4, -0.2) is 37.7 Å². The summed E-state index contributed by atoms with van der Waals surface area (Å²) in [6, 6.07) is 0.265. The lowest BCUT2D eigenvalue weighted by molar-refractivity contribution is -0.128. The van der Waals surface area contributed by atoms with Gasteiger partial charge in [0.15, 0.2) is 0 Å². The SMILES string of the molecule is CCCCCCC(C)NC(=O)COC1CCNCC1. The molecule has 1 atom stereocenters. The van der Waals surface area contributed by atoms with E-state index in [9.17, 15) is 4.79 Å². The smallest absolute Gasteiger partial charge is 0.246 e. The average molecular weight is 270 g/mol. The van der Waals surface area contributed by atoms with Crippen molar-refractivity contribution in [2.45, 2.75) is 70.9 Å². The van der Waals surface area contributed by atoms with Gasteiger partial charge in [-0.3, -0.25) is 4.79 Å². The minimum Gasteiger partial charge on any atom is -0.368 e. The van der Waals surface area contributed by atoms with Gasteiger partial charge in [0, 0.05) is 6.04 Å². The Hall–Kier alpha value is -0.610. The first-order valence-corrected chi connectivity index (χ1v) is 7.84. The van der Waals surface area contributed by atoms with Gasteiger partial charge in [0.25, 0.3) is 0 Å². The van der Waals surface area contributed by atoms with Gasteiger partial charge in [0.2, 0.25) is 5.91 Å². The Kier molecular flexibility index (Phi) is 8.84. The van der Waals surface area contributed by atoms with Crippen LogP contribution >= 0.6 is 0 Å². The van der Waals surface area contributed by atoms with E-state index >= 15 is 0 Å². The third kappa shape index (κ3) is 8.22. The predicted octanol–water partition coefficient (Wildman–Crippen LogP) is 2.23. The molecule has 4 nitrogen and oxygen atoms in total. The third-order valence-electron chi connectivity index (χ3n) is 3.63. The number of ether oxygens (including phenoxy) is 1. The second-order valence-electron chi connectivity index (χ2n) is 5.58. The van der Waals surface area contributed by atoms with Crippen molar-refractivity contribution in [1.82, 2.24) is 10.6 Å². The molecule has 1 saturated heterocycles. The first-order valence-electron chi connectivity index (χ1n) is 7.84. The van der Waals surface area contributed by atoms with Crippen LogP contribution in [-0.2, 0) is 9.53 Å². The van der Waals surface area contributed by atoms with Gasteiger partial charge in [-0.25, -0.2) is 0 Å². The normalized spacial score (nSPS) is 18.2. The highest BCUT2D eigenvalue weighted by molar-refractivity contribution is 5.77. The van der Waals surface area contributed by atoms with Crippen LogP contribution in [0.25, 0.3) is 0 Å². The summed E-state index contributed by atoms with van der Waals surface area (Å²) in [6.07, 6.45) is 8.36. The first-order chi connectivity index (χ1) is 9.22. The van der Waals surface area contributed by atoms with E-state index in [-0.39, 0.29) is 24.7 Å². The minimum atomic E-state index is 0.0292. The molecule has 4 heteroatoms. The molecule has 19 heavy (non-hydrogen) atoms. The van der Waals surface area contributed by atoms with Crippen LogP contribution in [0.15, 0.2) is 0 Å². The average Bonchev–Trinajstić information content (AvgIpc) is 2.42. The van der Waals surface area contributed by atoms with E-state index in [4.69, 9.17) is 4.74 Å². The molecule has 0 aromatic rings. The quantitative estimate of drug-likeness (QED) is 0.632. The Bertz CT molecular complexity index is 240. The fraction of sp³-hybridized carbons (Fsp3) is 0.933. The second-order valence-corrected chi connectivity index (χ2v) is 5.58. The van der Waals surface area contributed by atoms with Crippen LogP contribution in [0.4, 0.5) is 0 Å². The van der Waals surface area contributed by atoms with Gasteiger partial charge in [0.05, 0.1) is 6.10 Å². The molecule has 112 valence electrons. The number of unbranched alkanes of at least 4 members (excludes halogenated alkanes) is 3. The number of amides is 1. The summed E-state index contributed by atoms with van der Waals surface area (Å²) in [4.78, 5) is 11.7. The molecule has 1 heterocycles. The van der Waals surface area contributed by atoms with Gasteiger partial charge in [-0.05, 0) is 39.3 Å². The van der Waals surface area contributed by atoms with Crippen LogP contribution in [0.5, 0.6) is 0 Å². The highest BCUT2D eigenvalue weighted by Gasteiger charge is 2.15. The maximum Gasteiger partial charge on any atom is 0.246 e. The van der Waals surface area contributed by atoms with E-state index in [0.29, 0.717) is 0 Å². The van der Waals surface area contributed by atoms with E-state index in [1.165, 1.54) is 25.7 Å². The molecule has 0 saturated carbocycles. The number of piperidine rings is 1. The molecule has 1 unspecified atom stereocenters. The molecule has 1 aliphatic rings. The summed E-state index contributed by atoms with van der Waals surface area (Å²) in [7, 11) is 0. The van der Waals surface area contributed by atoms with E-state index < -0.39 is 0 Å². The van der Waals surface area contributed by atoms with Crippen molar-refractivity contribution in [3.63, 3.8) is 0 Å². The number of nitrogens with one attached hydrogen (secondary N) is 2. The summed E-state index contributed by atoms with van der Waals surface area (Å²) in [5.41, 5.74) is 0. The van der Waals surface area contributed by atoms with E-state index in [1.807, 2.05) is 0 Å². The molecule has 0 aromatic carbocycles. The monoisotopic (exact) mass is 270 g/mol. The number of hydrogen-bond acceptors (Lipinski definition) is 3. The van der Waals surface area contributed by atoms with Crippen LogP contribution in [0.3, 0.4) is 0 Å². The van der Waals surface area contributed by atoms with Gasteiger partial charge in [-0.2, -0.15) is 0 Å². The third-order valence-corrected chi connectivity index (χ3v) is 3.63. The van der Waals surface area contributed by atoms with E-state index in [0.717, 1.165) is 32.4 Å². The predicted molar refractivity (Wildman–Crippen MR) is 78.2 cm³/mol. The van der Waals surface area contributed by atoms with Gasteiger partial charge in [-0.1, -0.05) is 32.6 Å². The zero-order valence-electron chi connectivity index (χ0n) is 12.5. The number of carbonyl (C=O) groups is 1. The Balaban J connectivity index is 2.02. The second kappa shape index (κ2) is 10.2. The van der Waals surface area contributed by atoms with E-state index in [2.05, 4.69) is 24.5 Å². The Morgan fingerprint density at radius 3 is 2.74 bits per heavy atom. The maximum atomic E-state index is 11.7. The van der Waals surface area contributed by atoms with Crippen molar-refractivity contribution in [3.05, 3.63) is 0 Å². The Morgan fingerprint density at radius 1 is 1.32 bits per heavy atom. The highest BCUT2D eigenvalue weighted by Crippen LogP contribution is 2.07. The number of hydrogen-bond donors (Lipinski definition) is 2. The van der Waals surface area contributed by atoms with Crippen molar-refractivity contribution in [2.75, 3.05) is 19.7 Å². The molecular formula is C15H30N2O2. The molecule has 1 aliphatic heterocycles. The molecule has 0 aromatic heterocycles. The molecule has 0 radical (unpaired) electrons. The maximum absolute atomic E-state index is 11.7. The minimum absolute atomic E-state index is 0.0292. The molecule has 0 aliphatic carbocycles. The van der Waals surface area contributed by atoms with Crippen molar-refractivity contribution in [2.24, 2.45) is 0 Å². The zero-order valence-corrected chi connectivity index (χ0v) is 12.5. The van der Waals surface area contributed by atoms with Gasteiger partial charge >= 0.3 is 0 Å². The molecule has 0 spiro atoms. The summed E-state index contributed by atoms with van der Waals surface area (Å²) >= 11 is 0. The van der Waals surface area contributed by atoms with E-state index in [1.54, 1.807) is 0 Å². The molecule has 1 rings (SSSR count). The Morgan fingerprint density at radius 2 is 2.05 bits per heavy atom. The summed E-state index contributed by atoms with van der Waals surface area (Å²) < 4.78 is 5.64. The summed E-state index contributed by atoms with van der Waals surface area (Å²) in [5, 5.41) is 6.30. The lowest BCUT2D eigenvalue weighted by Crippen LogP contribution is -2.38. The topological polar surface area (TPSA) is 50.4 Å². The van der Waals surface area contributed by atoms with Gasteiger partial charge in [-0.15, -0.1) is 0 Å². The van der Waals surface area contributed by atoms with Gasteiger partial charge < -0.3 is 15.4 Å². The highest BCUT2D eigenvalue weighted by atomic mass is 16.5. The van der Waals surface area contributed by atoms with Crippen molar-refractivity contribution < 1.29 is 9.53 Å². The zero-order chi connectivity index (χ0) is 13.9. The molecule has 2 N–H and O–H groups in total. The van der Waals surface area contributed by atoms with Crippen molar-refractivity contribution in [1.29, 1.82) is 0 Å². The van der Waals surface area contributed by atoms with Gasteiger partial charge in [0.1, 0.15) is 6.61 Å². The lowest BCUT2D eigenvalue weighted by atomic mass is 10.1. The van der Waals surface area contributed by atoms with Crippen LogP contribution < -0.4 is 10.6 Å².